The van der Waals surface area contributed by atoms with Crippen molar-refractivity contribution in [1.82, 2.24) is 0 Å². The van der Waals surface area contributed by atoms with Crippen LogP contribution < -0.4 is 0 Å². The van der Waals surface area contributed by atoms with Crippen LogP contribution in [0.2, 0.25) is 0 Å². The smallest absolute Gasteiger partial charge is 0.0975 e. The van der Waals surface area contributed by atoms with Crippen LogP contribution in [0.5, 0.6) is 0 Å². The summed E-state index contributed by atoms with van der Waals surface area (Å²) in [5.41, 5.74) is 1.67. The fraction of sp³-hybridized carbons (Fsp3) is 0.650. The van der Waals surface area contributed by atoms with Crippen molar-refractivity contribution in [3.8, 4) is 0 Å². The largest absolute Gasteiger partial charge is 0.394 e. The first-order chi connectivity index (χ1) is 10.8. The van der Waals surface area contributed by atoms with Crippen LogP contribution in [0.15, 0.2) is 35.3 Å². The molecule has 4 fully saturated rings. The van der Waals surface area contributed by atoms with Crippen molar-refractivity contribution in [1.29, 1.82) is 0 Å². The lowest BCUT2D eigenvalue weighted by atomic mass is 9.49. The summed E-state index contributed by atoms with van der Waals surface area (Å²) >= 11 is 0. The first-order valence-electron chi connectivity index (χ1n) is 8.94. The summed E-state index contributed by atoms with van der Waals surface area (Å²) in [5.74, 6) is 3.01. The molecule has 2 nitrogen and oxygen atoms in total. The third-order valence-electron chi connectivity index (χ3n) is 6.33. The Hall–Kier alpha value is -1.15. The van der Waals surface area contributed by atoms with Gasteiger partial charge >= 0.3 is 0 Å². The SMILES string of the molecule is OC[C@H](N=CCC12CC3CC(CC(C3)C1)C2)c1ccccc1. The number of hydrogen-bond acceptors (Lipinski definition) is 2. The molecule has 0 unspecified atom stereocenters. The molecule has 0 aliphatic heterocycles. The van der Waals surface area contributed by atoms with E-state index in [1.165, 1.54) is 38.5 Å². The number of benzene rings is 1. The lowest BCUT2D eigenvalue weighted by Crippen LogP contribution is -2.46. The molecule has 1 aromatic carbocycles. The monoisotopic (exact) mass is 297 g/mol. The first kappa shape index (κ1) is 14.4. The van der Waals surface area contributed by atoms with Crippen molar-refractivity contribution >= 4 is 6.21 Å². The number of aliphatic imine (C=N–C) groups is 1. The van der Waals surface area contributed by atoms with E-state index in [9.17, 15) is 5.11 Å². The molecule has 2 heteroatoms. The lowest BCUT2D eigenvalue weighted by Gasteiger charge is -2.56. The highest BCUT2D eigenvalue weighted by Gasteiger charge is 2.50. The summed E-state index contributed by atoms with van der Waals surface area (Å²) in [6.07, 6.45) is 12.1. The molecule has 1 aromatic rings. The maximum Gasteiger partial charge on any atom is 0.0975 e. The van der Waals surface area contributed by atoms with Gasteiger partial charge in [0.2, 0.25) is 0 Å². The van der Waals surface area contributed by atoms with Crippen molar-refractivity contribution < 1.29 is 5.11 Å². The Balaban J connectivity index is 1.43. The summed E-state index contributed by atoms with van der Waals surface area (Å²) in [7, 11) is 0. The van der Waals surface area contributed by atoms with Gasteiger partial charge in [-0.2, -0.15) is 0 Å². The van der Waals surface area contributed by atoms with Crippen molar-refractivity contribution in [2.45, 2.75) is 51.0 Å². The molecule has 0 heterocycles. The van der Waals surface area contributed by atoms with E-state index in [1.807, 2.05) is 18.2 Å². The molecule has 118 valence electrons. The summed E-state index contributed by atoms with van der Waals surface area (Å²) in [6.45, 7) is 0.0986. The Bertz CT molecular complexity index is 501. The molecule has 4 saturated carbocycles. The van der Waals surface area contributed by atoms with E-state index in [2.05, 4.69) is 18.3 Å². The molecule has 1 N–H and O–H groups in total. The maximum atomic E-state index is 9.63. The molecular formula is C20H27NO. The molecule has 1 atom stereocenters. The minimum atomic E-state index is -0.0879. The molecule has 0 aromatic heterocycles. The van der Waals surface area contributed by atoms with Crippen LogP contribution in [-0.4, -0.2) is 17.9 Å². The molecule has 5 rings (SSSR count). The second kappa shape index (κ2) is 5.81. The Morgan fingerprint density at radius 1 is 1.05 bits per heavy atom. The van der Waals surface area contributed by atoms with Gasteiger partial charge in [-0.15, -0.1) is 0 Å². The van der Waals surface area contributed by atoms with Gasteiger partial charge in [0.15, 0.2) is 0 Å². The van der Waals surface area contributed by atoms with E-state index in [-0.39, 0.29) is 12.6 Å². The molecule has 22 heavy (non-hydrogen) atoms. The summed E-state index contributed by atoms with van der Waals surface area (Å²) in [4.78, 5) is 4.71. The fourth-order valence-electron chi connectivity index (χ4n) is 5.83. The molecule has 4 aliphatic carbocycles. The standard InChI is InChI=1S/C20H27NO/c22-14-19(18-4-2-1-3-5-18)21-7-6-20-11-15-8-16(12-20)10-17(9-15)13-20/h1-5,7,15-17,19,22H,6,8-14H2/t15?,16?,17?,19-,20?/m0/s1. The molecule has 0 amide bonds. The maximum absolute atomic E-state index is 9.63. The average molecular weight is 297 g/mol. The van der Waals surface area contributed by atoms with Gasteiger partial charge in [-0.25, -0.2) is 0 Å². The van der Waals surface area contributed by atoms with Crippen LogP contribution in [0.4, 0.5) is 0 Å². The topological polar surface area (TPSA) is 32.6 Å². The minimum Gasteiger partial charge on any atom is -0.394 e. The highest BCUT2D eigenvalue weighted by Crippen LogP contribution is 2.61. The number of aliphatic hydroxyl groups is 1. The number of rotatable bonds is 5. The Kier molecular flexibility index (Phi) is 3.81. The summed E-state index contributed by atoms with van der Waals surface area (Å²) in [5, 5.41) is 9.63. The van der Waals surface area contributed by atoms with Crippen LogP contribution in [0, 0.1) is 23.2 Å². The van der Waals surface area contributed by atoms with Gasteiger partial charge < -0.3 is 5.11 Å². The van der Waals surface area contributed by atoms with Crippen molar-refractivity contribution in [3.63, 3.8) is 0 Å². The second-order valence-corrected chi connectivity index (χ2v) is 8.06. The predicted molar refractivity (Wildman–Crippen MR) is 90.0 cm³/mol. The lowest BCUT2D eigenvalue weighted by molar-refractivity contribution is -0.0476. The van der Waals surface area contributed by atoms with E-state index in [4.69, 9.17) is 4.99 Å². The van der Waals surface area contributed by atoms with Crippen LogP contribution in [0.1, 0.15) is 56.6 Å². The molecular weight excluding hydrogens is 270 g/mol. The molecule has 0 spiro atoms. The Morgan fingerprint density at radius 3 is 2.18 bits per heavy atom. The molecule has 0 radical (unpaired) electrons. The fourth-order valence-corrected chi connectivity index (χ4v) is 5.83. The van der Waals surface area contributed by atoms with Gasteiger partial charge in [0.25, 0.3) is 0 Å². The van der Waals surface area contributed by atoms with Gasteiger partial charge in [0.1, 0.15) is 0 Å². The zero-order valence-corrected chi connectivity index (χ0v) is 13.3. The number of nitrogens with zero attached hydrogens (tertiary/aromatic N) is 1. The predicted octanol–water partition coefficient (Wildman–Crippen LogP) is 4.40. The Morgan fingerprint density at radius 2 is 1.64 bits per heavy atom. The van der Waals surface area contributed by atoms with Crippen LogP contribution in [0.3, 0.4) is 0 Å². The van der Waals surface area contributed by atoms with Gasteiger partial charge in [0, 0.05) is 6.21 Å². The van der Waals surface area contributed by atoms with Crippen LogP contribution >= 0.6 is 0 Å². The third kappa shape index (κ3) is 2.74. The van der Waals surface area contributed by atoms with E-state index >= 15 is 0 Å². The highest BCUT2D eigenvalue weighted by molar-refractivity contribution is 5.59. The van der Waals surface area contributed by atoms with Gasteiger partial charge in [-0.3, -0.25) is 4.99 Å². The molecule has 4 aliphatic rings. The first-order valence-corrected chi connectivity index (χ1v) is 8.94. The van der Waals surface area contributed by atoms with E-state index in [0.29, 0.717) is 5.41 Å². The van der Waals surface area contributed by atoms with Gasteiger partial charge in [-0.1, -0.05) is 30.3 Å². The van der Waals surface area contributed by atoms with E-state index < -0.39 is 0 Å². The number of hydrogen-bond donors (Lipinski definition) is 1. The number of aliphatic hydroxyl groups excluding tert-OH is 1. The normalized spacial score (nSPS) is 37.8. The second-order valence-electron chi connectivity index (χ2n) is 8.06. The molecule has 4 bridgehead atoms. The van der Waals surface area contributed by atoms with Crippen molar-refractivity contribution in [2.75, 3.05) is 6.61 Å². The van der Waals surface area contributed by atoms with E-state index in [1.54, 1.807) is 0 Å². The van der Waals surface area contributed by atoms with Gasteiger partial charge in [0.05, 0.1) is 12.6 Å². The highest BCUT2D eigenvalue weighted by atomic mass is 16.3. The van der Waals surface area contributed by atoms with E-state index in [0.717, 1.165) is 29.7 Å². The van der Waals surface area contributed by atoms with Crippen LogP contribution in [-0.2, 0) is 0 Å². The summed E-state index contributed by atoms with van der Waals surface area (Å²) < 4.78 is 0. The molecule has 0 saturated heterocycles. The zero-order chi connectivity index (χ0) is 15.0. The third-order valence-corrected chi connectivity index (χ3v) is 6.33. The van der Waals surface area contributed by atoms with Gasteiger partial charge in [-0.05, 0) is 73.7 Å². The quantitative estimate of drug-likeness (QED) is 0.803. The zero-order valence-electron chi connectivity index (χ0n) is 13.3. The average Bonchev–Trinajstić information content (AvgIpc) is 2.51. The van der Waals surface area contributed by atoms with Crippen molar-refractivity contribution in [3.05, 3.63) is 35.9 Å². The van der Waals surface area contributed by atoms with Crippen LogP contribution in [0.25, 0.3) is 0 Å². The minimum absolute atomic E-state index is 0.0879. The van der Waals surface area contributed by atoms with Crippen molar-refractivity contribution in [2.24, 2.45) is 28.2 Å². The Labute approximate surface area is 133 Å². The summed E-state index contributed by atoms with van der Waals surface area (Å²) in [6, 6.07) is 10.1.